The first kappa shape index (κ1) is 19.9. The van der Waals surface area contributed by atoms with Crippen LogP contribution in [0.2, 0.25) is 0 Å². The van der Waals surface area contributed by atoms with E-state index in [2.05, 4.69) is 20.2 Å². The molecule has 0 radical (unpaired) electrons. The molecule has 1 aromatic carbocycles. The molecule has 4 rings (SSSR count). The number of amides is 3. The summed E-state index contributed by atoms with van der Waals surface area (Å²) in [5.74, 6) is 0.369. The topological polar surface area (TPSA) is 108 Å². The molecule has 9 nitrogen and oxygen atoms in total. The summed E-state index contributed by atoms with van der Waals surface area (Å²) in [5, 5.41) is 3.17. The van der Waals surface area contributed by atoms with Crippen molar-refractivity contribution in [2.24, 2.45) is 5.73 Å². The first-order valence-electron chi connectivity index (χ1n) is 10.2. The maximum Gasteiger partial charge on any atom is 0.320 e. The van der Waals surface area contributed by atoms with Crippen molar-refractivity contribution in [2.45, 2.75) is 25.8 Å². The smallest absolute Gasteiger partial charge is 0.320 e. The Morgan fingerprint density at radius 3 is 2.63 bits per heavy atom. The van der Waals surface area contributed by atoms with Crippen LogP contribution in [0, 0.1) is 6.92 Å². The van der Waals surface area contributed by atoms with Crippen molar-refractivity contribution >= 4 is 29.3 Å². The minimum atomic E-state index is -0.633. The van der Waals surface area contributed by atoms with E-state index >= 15 is 0 Å². The van der Waals surface area contributed by atoms with Crippen LogP contribution >= 0.6 is 0 Å². The van der Waals surface area contributed by atoms with Crippen LogP contribution in [0.3, 0.4) is 0 Å². The van der Waals surface area contributed by atoms with E-state index in [4.69, 9.17) is 5.73 Å². The summed E-state index contributed by atoms with van der Waals surface area (Å²) in [6.45, 7) is 5.03. The number of anilines is 3. The minimum Gasteiger partial charge on any atom is -0.364 e. The number of primary amides is 1. The molecule has 2 aliphatic heterocycles. The molecule has 1 unspecified atom stereocenters. The predicted molar refractivity (Wildman–Crippen MR) is 115 cm³/mol. The number of aryl methyl sites for hydroxylation is 1. The number of nitrogens with zero attached hydrogens (tertiary/aromatic N) is 5. The van der Waals surface area contributed by atoms with Gasteiger partial charge in [0, 0.05) is 38.9 Å². The molecule has 0 bridgehead atoms. The van der Waals surface area contributed by atoms with Crippen molar-refractivity contribution in [3.8, 4) is 0 Å². The van der Waals surface area contributed by atoms with E-state index in [9.17, 15) is 9.59 Å². The third-order valence-electron chi connectivity index (χ3n) is 5.72. The molecule has 3 amide bonds. The van der Waals surface area contributed by atoms with Gasteiger partial charge in [0.1, 0.15) is 5.82 Å². The van der Waals surface area contributed by atoms with Crippen LogP contribution in [0.5, 0.6) is 0 Å². The zero-order valence-corrected chi connectivity index (χ0v) is 17.3. The quantitative estimate of drug-likeness (QED) is 0.782. The molecule has 2 aliphatic rings. The number of carbonyl (C=O) groups is 2. The van der Waals surface area contributed by atoms with Crippen LogP contribution in [0.1, 0.15) is 28.9 Å². The van der Waals surface area contributed by atoms with E-state index in [0.29, 0.717) is 18.2 Å². The van der Waals surface area contributed by atoms with Crippen LogP contribution in [0.15, 0.2) is 30.5 Å². The number of piperidine rings is 1. The number of aromatic nitrogens is 2. The van der Waals surface area contributed by atoms with Gasteiger partial charge < -0.3 is 25.8 Å². The summed E-state index contributed by atoms with van der Waals surface area (Å²) in [7, 11) is 1.83. The Hall–Kier alpha value is -3.36. The monoisotopic (exact) mass is 409 g/mol. The Morgan fingerprint density at radius 1 is 1.20 bits per heavy atom. The third-order valence-corrected chi connectivity index (χ3v) is 5.72. The van der Waals surface area contributed by atoms with Gasteiger partial charge in [-0.05, 0) is 31.9 Å². The number of hydrogen-bond acceptors (Lipinski definition) is 6. The lowest BCUT2D eigenvalue weighted by molar-refractivity contribution is 0.0996. The molecule has 1 aromatic heterocycles. The fourth-order valence-corrected chi connectivity index (χ4v) is 4.00. The van der Waals surface area contributed by atoms with Crippen molar-refractivity contribution in [1.82, 2.24) is 19.8 Å². The summed E-state index contributed by atoms with van der Waals surface area (Å²) in [5.41, 5.74) is 7.55. The van der Waals surface area contributed by atoms with Gasteiger partial charge in [-0.3, -0.25) is 4.79 Å². The minimum absolute atomic E-state index is 0.0822. The average Bonchev–Trinajstić information content (AvgIpc) is 3.08. The van der Waals surface area contributed by atoms with E-state index in [-0.39, 0.29) is 17.8 Å². The lowest BCUT2D eigenvalue weighted by atomic mass is 10.0. The number of carbonyl (C=O) groups excluding carboxylic acids is 2. The Balaban J connectivity index is 1.57. The van der Waals surface area contributed by atoms with E-state index < -0.39 is 5.91 Å². The Bertz CT molecular complexity index is 947. The van der Waals surface area contributed by atoms with E-state index in [1.165, 1.54) is 0 Å². The Morgan fingerprint density at radius 2 is 1.97 bits per heavy atom. The molecule has 0 saturated carbocycles. The summed E-state index contributed by atoms with van der Waals surface area (Å²) in [6.07, 6.45) is 3.51. The van der Waals surface area contributed by atoms with Crippen LogP contribution in [-0.4, -0.2) is 71.0 Å². The number of benzene rings is 1. The molecule has 3 heterocycles. The van der Waals surface area contributed by atoms with Crippen LogP contribution < -0.4 is 16.0 Å². The third kappa shape index (κ3) is 4.00. The number of nitrogens with one attached hydrogen (secondary N) is 1. The zero-order valence-electron chi connectivity index (χ0n) is 17.3. The number of likely N-dealkylation sites (N-methyl/N-ethyl adjacent to an activating group) is 1. The second-order valence-electron chi connectivity index (χ2n) is 7.92. The highest BCUT2D eigenvalue weighted by Gasteiger charge is 2.34. The molecular formula is C21H27N7O2. The summed E-state index contributed by atoms with van der Waals surface area (Å²) < 4.78 is 0. The average molecular weight is 409 g/mol. The molecule has 9 heteroatoms. The van der Waals surface area contributed by atoms with Crippen LogP contribution in [0.4, 0.5) is 22.1 Å². The van der Waals surface area contributed by atoms with E-state index in [0.717, 1.165) is 43.7 Å². The number of rotatable bonds is 5. The number of hydrogen-bond donors (Lipinski definition) is 2. The molecule has 30 heavy (non-hydrogen) atoms. The normalized spacial score (nSPS) is 19.3. The molecule has 2 aromatic rings. The highest BCUT2D eigenvalue weighted by molar-refractivity contribution is 5.96. The summed E-state index contributed by atoms with van der Waals surface area (Å²) in [6, 6.07) is 8.01. The first-order chi connectivity index (χ1) is 14.4. The zero-order chi connectivity index (χ0) is 21.3. The van der Waals surface area contributed by atoms with Gasteiger partial charge in [0.25, 0.3) is 5.91 Å². The summed E-state index contributed by atoms with van der Waals surface area (Å²) in [4.78, 5) is 39.0. The van der Waals surface area contributed by atoms with Crippen LogP contribution in [-0.2, 0) is 0 Å². The molecule has 2 fully saturated rings. The molecule has 2 saturated heterocycles. The van der Waals surface area contributed by atoms with Crippen molar-refractivity contribution in [1.29, 1.82) is 0 Å². The Labute approximate surface area is 175 Å². The number of nitrogens with two attached hydrogens (primary N) is 1. The lowest BCUT2D eigenvalue weighted by Crippen LogP contribution is -2.49. The standard InChI is InChI=1S/C21H27N7O2/c1-14-5-7-15(8-6-14)24-20-18(19(22)29)23-12-17(25-20)27-9-3-4-16(13-27)28-11-10-26(2)21(28)30/h5-8,12,16H,3-4,9-11,13H2,1-2H3,(H2,22,29)(H,24,25). The van der Waals surface area contributed by atoms with Gasteiger partial charge in [0.15, 0.2) is 11.5 Å². The second kappa shape index (κ2) is 8.17. The van der Waals surface area contributed by atoms with E-state index in [1.54, 1.807) is 11.1 Å². The van der Waals surface area contributed by atoms with Crippen LogP contribution in [0.25, 0.3) is 0 Å². The summed E-state index contributed by atoms with van der Waals surface area (Å²) >= 11 is 0. The first-order valence-corrected chi connectivity index (χ1v) is 10.2. The van der Waals surface area contributed by atoms with Gasteiger partial charge in [-0.1, -0.05) is 17.7 Å². The molecular weight excluding hydrogens is 382 g/mol. The molecule has 1 atom stereocenters. The molecule has 158 valence electrons. The molecule has 0 spiro atoms. The van der Waals surface area contributed by atoms with Crippen molar-refractivity contribution in [3.05, 3.63) is 41.7 Å². The van der Waals surface area contributed by atoms with Gasteiger partial charge in [0.2, 0.25) is 0 Å². The van der Waals surface area contributed by atoms with E-state index in [1.807, 2.05) is 43.1 Å². The highest BCUT2D eigenvalue weighted by atomic mass is 16.2. The van der Waals surface area contributed by atoms with Gasteiger partial charge in [-0.15, -0.1) is 0 Å². The SMILES string of the molecule is Cc1ccc(Nc2nc(N3CCCC(N4CCN(C)C4=O)C3)cnc2C(N)=O)cc1. The lowest BCUT2D eigenvalue weighted by Gasteiger charge is -2.37. The van der Waals surface area contributed by atoms with Gasteiger partial charge in [-0.25, -0.2) is 14.8 Å². The maximum absolute atomic E-state index is 12.4. The highest BCUT2D eigenvalue weighted by Crippen LogP contribution is 2.26. The van der Waals surface area contributed by atoms with Gasteiger partial charge in [0.05, 0.1) is 12.2 Å². The maximum atomic E-state index is 12.4. The fourth-order valence-electron chi connectivity index (χ4n) is 4.00. The molecule has 0 aliphatic carbocycles. The van der Waals surface area contributed by atoms with Crippen molar-refractivity contribution in [2.75, 3.05) is 43.4 Å². The predicted octanol–water partition coefficient (Wildman–Crippen LogP) is 1.96. The van der Waals surface area contributed by atoms with Crippen molar-refractivity contribution in [3.63, 3.8) is 0 Å². The van der Waals surface area contributed by atoms with Crippen molar-refractivity contribution < 1.29 is 9.59 Å². The second-order valence-corrected chi connectivity index (χ2v) is 7.92. The Kier molecular flexibility index (Phi) is 5.43. The van der Waals surface area contributed by atoms with Gasteiger partial charge in [-0.2, -0.15) is 0 Å². The largest absolute Gasteiger partial charge is 0.364 e. The number of urea groups is 1. The fraction of sp³-hybridized carbons (Fsp3) is 0.429. The molecule has 3 N–H and O–H groups in total. The van der Waals surface area contributed by atoms with Gasteiger partial charge >= 0.3 is 6.03 Å².